The summed E-state index contributed by atoms with van der Waals surface area (Å²) >= 11 is 0. The molecule has 4 rings (SSSR count). The molecule has 7 nitrogen and oxygen atoms in total. The van der Waals surface area contributed by atoms with Gasteiger partial charge in [-0.25, -0.2) is 9.97 Å². The third-order valence-electron chi connectivity index (χ3n) is 6.04. The van der Waals surface area contributed by atoms with Gasteiger partial charge in [-0.2, -0.15) is 0 Å². The fourth-order valence-electron chi connectivity index (χ4n) is 4.61. The van der Waals surface area contributed by atoms with Crippen molar-refractivity contribution in [3.8, 4) is 0 Å². The summed E-state index contributed by atoms with van der Waals surface area (Å²) in [5.41, 5.74) is 1.56. The molecule has 2 aromatic rings. The molecule has 7 heteroatoms. The van der Waals surface area contributed by atoms with E-state index in [2.05, 4.69) is 27.0 Å². The first kappa shape index (κ1) is 20.8. The van der Waals surface area contributed by atoms with Crippen LogP contribution in [0.15, 0.2) is 42.9 Å². The van der Waals surface area contributed by atoms with Crippen LogP contribution in [0.3, 0.4) is 0 Å². The zero-order valence-corrected chi connectivity index (χ0v) is 17.4. The van der Waals surface area contributed by atoms with Crippen LogP contribution in [0.5, 0.6) is 0 Å². The molecule has 160 valence electrons. The zero-order valence-electron chi connectivity index (χ0n) is 17.4. The third-order valence-corrected chi connectivity index (χ3v) is 6.04. The summed E-state index contributed by atoms with van der Waals surface area (Å²) in [5, 5.41) is 10.6. The summed E-state index contributed by atoms with van der Waals surface area (Å²) in [6.07, 6.45) is 5.81. The minimum absolute atomic E-state index is 0.0834. The SMILES string of the molecule is CCOC(=O)Cc1cncnc1N1CCC2(CC1)C[C@H](O)C[C@H](c1ccccc1)O2. The number of hydrogen-bond donors (Lipinski definition) is 1. The Labute approximate surface area is 177 Å². The molecule has 2 fully saturated rings. The van der Waals surface area contributed by atoms with Gasteiger partial charge in [-0.3, -0.25) is 4.79 Å². The Hall–Kier alpha value is -2.51. The van der Waals surface area contributed by atoms with Gasteiger partial charge in [0.05, 0.1) is 30.8 Å². The van der Waals surface area contributed by atoms with Crippen molar-refractivity contribution >= 4 is 11.8 Å². The molecule has 0 amide bonds. The number of ether oxygens (including phenoxy) is 2. The van der Waals surface area contributed by atoms with Crippen LogP contribution in [-0.4, -0.2) is 52.4 Å². The van der Waals surface area contributed by atoms with Crippen LogP contribution in [-0.2, 0) is 20.7 Å². The van der Waals surface area contributed by atoms with Gasteiger partial charge in [0.1, 0.15) is 12.1 Å². The van der Waals surface area contributed by atoms with Crippen LogP contribution in [0, 0.1) is 0 Å². The van der Waals surface area contributed by atoms with Crippen molar-refractivity contribution in [3.63, 3.8) is 0 Å². The van der Waals surface area contributed by atoms with Crippen molar-refractivity contribution in [1.82, 2.24) is 9.97 Å². The average Bonchev–Trinajstić information content (AvgIpc) is 2.75. The first-order chi connectivity index (χ1) is 14.6. The lowest BCUT2D eigenvalue weighted by atomic mass is 9.81. The van der Waals surface area contributed by atoms with Gasteiger partial charge in [0.15, 0.2) is 0 Å². The Kier molecular flexibility index (Phi) is 6.29. The number of aromatic nitrogens is 2. The fourth-order valence-corrected chi connectivity index (χ4v) is 4.61. The summed E-state index contributed by atoms with van der Waals surface area (Å²) < 4.78 is 11.7. The lowest BCUT2D eigenvalue weighted by molar-refractivity contribution is -0.173. The van der Waals surface area contributed by atoms with Gasteiger partial charge in [-0.1, -0.05) is 30.3 Å². The van der Waals surface area contributed by atoms with Crippen LogP contribution in [0.1, 0.15) is 49.8 Å². The van der Waals surface area contributed by atoms with E-state index in [0.29, 0.717) is 19.4 Å². The molecule has 3 heterocycles. The minimum atomic E-state index is -0.367. The van der Waals surface area contributed by atoms with Gasteiger partial charge >= 0.3 is 5.97 Å². The molecule has 1 aromatic heterocycles. The lowest BCUT2D eigenvalue weighted by Gasteiger charge is -2.48. The number of hydrogen-bond acceptors (Lipinski definition) is 7. The van der Waals surface area contributed by atoms with Crippen LogP contribution in [0.25, 0.3) is 0 Å². The number of aliphatic hydroxyl groups is 1. The highest BCUT2D eigenvalue weighted by molar-refractivity contribution is 5.74. The monoisotopic (exact) mass is 411 g/mol. The largest absolute Gasteiger partial charge is 0.466 e. The molecule has 2 aliphatic heterocycles. The number of carbonyl (C=O) groups excluding carboxylic acids is 1. The van der Waals surface area contributed by atoms with Crippen LogP contribution in [0.4, 0.5) is 5.82 Å². The molecule has 0 bridgehead atoms. The molecule has 0 unspecified atom stereocenters. The molecule has 1 N–H and O–H groups in total. The van der Waals surface area contributed by atoms with E-state index in [9.17, 15) is 9.90 Å². The average molecular weight is 412 g/mol. The number of benzene rings is 1. The van der Waals surface area contributed by atoms with E-state index in [1.54, 1.807) is 13.1 Å². The number of rotatable bonds is 5. The number of nitrogens with zero attached hydrogens (tertiary/aromatic N) is 3. The normalized spacial score (nSPS) is 23.3. The fraction of sp³-hybridized carbons (Fsp3) is 0.522. The summed E-state index contributed by atoms with van der Waals surface area (Å²) in [4.78, 5) is 22.7. The first-order valence-corrected chi connectivity index (χ1v) is 10.7. The van der Waals surface area contributed by atoms with E-state index in [1.807, 2.05) is 18.2 Å². The van der Waals surface area contributed by atoms with E-state index in [0.717, 1.165) is 42.9 Å². The van der Waals surface area contributed by atoms with Gasteiger partial charge in [0.2, 0.25) is 0 Å². The minimum Gasteiger partial charge on any atom is -0.466 e. The highest BCUT2D eigenvalue weighted by Gasteiger charge is 2.44. The molecule has 0 aliphatic carbocycles. The molecule has 0 radical (unpaired) electrons. The Balaban J connectivity index is 1.45. The predicted octanol–water partition coefficient (Wildman–Crippen LogP) is 2.83. The highest BCUT2D eigenvalue weighted by Crippen LogP contribution is 2.43. The number of carbonyl (C=O) groups is 1. The molecule has 1 spiro atoms. The Bertz CT molecular complexity index is 853. The summed E-state index contributed by atoms with van der Waals surface area (Å²) in [5.74, 6) is 0.510. The van der Waals surface area contributed by atoms with Crippen LogP contribution >= 0.6 is 0 Å². The van der Waals surface area contributed by atoms with E-state index < -0.39 is 0 Å². The molecule has 0 saturated carbocycles. The van der Waals surface area contributed by atoms with Crippen molar-refractivity contribution in [1.29, 1.82) is 0 Å². The predicted molar refractivity (Wildman–Crippen MR) is 112 cm³/mol. The smallest absolute Gasteiger partial charge is 0.310 e. The number of esters is 1. The molecule has 2 aliphatic rings. The van der Waals surface area contributed by atoms with Crippen molar-refractivity contribution in [2.75, 3.05) is 24.6 Å². The van der Waals surface area contributed by atoms with Gasteiger partial charge in [0, 0.05) is 37.7 Å². The number of piperidine rings is 1. The molecule has 30 heavy (non-hydrogen) atoms. The molecule has 2 saturated heterocycles. The van der Waals surface area contributed by atoms with Gasteiger partial charge in [-0.15, -0.1) is 0 Å². The Morgan fingerprint density at radius 1 is 1.30 bits per heavy atom. The summed E-state index contributed by atoms with van der Waals surface area (Å²) in [6, 6.07) is 10.1. The molecular weight excluding hydrogens is 382 g/mol. The third kappa shape index (κ3) is 4.63. The van der Waals surface area contributed by atoms with Crippen LogP contribution < -0.4 is 4.90 Å². The Morgan fingerprint density at radius 2 is 2.07 bits per heavy atom. The molecule has 2 atom stereocenters. The van der Waals surface area contributed by atoms with Gasteiger partial charge < -0.3 is 19.5 Å². The van der Waals surface area contributed by atoms with Gasteiger partial charge in [0.25, 0.3) is 0 Å². The van der Waals surface area contributed by atoms with E-state index in [-0.39, 0.29) is 30.2 Å². The zero-order chi connectivity index (χ0) is 21.0. The maximum atomic E-state index is 12.0. The van der Waals surface area contributed by atoms with Crippen molar-refractivity contribution in [3.05, 3.63) is 54.0 Å². The number of anilines is 1. The second-order valence-electron chi connectivity index (χ2n) is 8.13. The molecular formula is C23H29N3O4. The highest BCUT2D eigenvalue weighted by atomic mass is 16.5. The maximum Gasteiger partial charge on any atom is 0.310 e. The van der Waals surface area contributed by atoms with E-state index >= 15 is 0 Å². The number of aliphatic hydroxyl groups excluding tert-OH is 1. The lowest BCUT2D eigenvalue weighted by Crippen LogP contribution is -2.51. The van der Waals surface area contributed by atoms with Crippen LogP contribution in [0.2, 0.25) is 0 Å². The standard InChI is InChI=1S/C23H29N3O4/c1-2-29-21(28)12-18-15-24-16-25-22(18)26-10-8-23(9-11-26)14-19(27)13-20(30-23)17-6-4-3-5-7-17/h3-7,15-16,19-20,27H,2,8-14H2,1H3/t19-,20-/m1/s1. The molecule has 1 aromatic carbocycles. The quantitative estimate of drug-likeness (QED) is 0.757. The maximum absolute atomic E-state index is 12.0. The van der Waals surface area contributed by atoms with Crippen molar-refractivity contribution in [2.45, 2.75) is 56.8 Å². The van der Waals surface area contributed by atoms with Gasteiger partial charge in [-0.05, 0) is 25.3 Å². The van der Waals surface area contributed by atoms with Crippen molar-refractivity contribution < 1.29 is 19.4 Å². The topological polar surface area (TPSA) is 84.8 Å². The summed E-state index contributed by atoms with van der Waals surface area (Å²) in [6.45, 7) is 3.66. The van der Waals surface area contributed by atoms with E-state index in [1.165, 1.54) is 6.33 Å². The van der Waals surface area contributed by atoms with E-state index in [4.69, 9.17) is 9.47 Å². The Morgan fingerprint density at radius 3 is 2.80 bits per heavy atom. The second kappa shape index (κ2) is 9.10. The second-order valence-corrected chi connectivity index (χ2v) is 8.13. The van der Waals surface area contributed by atoms with Crippen molar-refractivity contribution in [2.24, 2.45) is 0 Å². The first-order valence-electron chi connectivity index (χ1n) is 10.7. The summed E-state index contributed by atoms with van der Waals surface area (Å²) in [7, 11) is 0.